The summed E-state index contributed by atoms with van der Waals surface area (Å²) in [6, 6.07) is 2.00. The summed E-state index contributed by atoms with van der Waals surface area (Å²) in [7, 11) is 1.38. The van der Waals surface area contributed by atoms with Gasteiger partial charge in [-0.25, -0.2) is 0 Å². The number of methoxy groups -OCH3 is 1. The average molecular weight is 312 g/mol. The topological polar surface area (TPSA) is 69.9 Å². The van der Waals surface area contributed by atoms with E-state index in [1.807, 2.05) is 17.7 Å². The second-order valence-electron chi connectivity index (χ2n) is 4.13. The Morgan fingerprint density at radius 1 is 1.50 bits per heavy atom. The molecule has 0 amide bonds. The van der Waals surface area contributed by atoms with E-state index in [4.69, 9.17) is 0 Å². The molecule has 0 saturated carbocycles. The highest BCUT2D eigenvalue weighted by Gasteiger charge is 2.14. The molecule has 0 N–H and O–H groups in total. The highest BCUT2D eigenvalue weighted by molar-refractivity contribution is 8.01. The lowest BCUT2D eigenvalue weighted by Crippen LogP contribution is -2.02. The molecule has 6 nitrogen and oxygen atoms in total. The van der Waals surface area contributed by atoms with E-state index in [0.29, 0.717) is 0 Å². The van der Waals surface area contributed by atoms with Gasteiger partial charge in [-0.3, -0.25) is 9.48 Å². The molecule has 0 aromatic carbocycles. The minimum Gasteiger partial charge on any atom is -0.468 e. The molecule has 2 rings (SSSR count). The van der Waals surface area contributed by atoms with E-state index in [1.54, 1.807) is 0 Å². The van der Waals surface area contributed by atoms with Gasteiger partial charge in [0.2, 0.25) is 0 Å². The second kappa shape index (κ2) is 6.85. The third-order valence-corrected chi connectivity index (χ3v) is 4.56. The third kappa shape index (κ3) is 3.57. The molecule has 2 heterocycles. The Morgan fingerprint density at radius 3 is 3.00 bits per heavy atom. The predicted octanol–water partition coefficient (Wildman–Crippen LogP) is 2.39. The van der Waals surface area contributed by atoms with Gasteiger partial charge in [-0.15, -0.1) is 10.2 Å². The second-order valence-corrected chi connectivity index (χ2v) is 6.33. The molecule has 0 atom stereocenters. The van der Waals surface area contributed by atoms with Crippen molar-refractivity contribution in [2.75, 3.05) is 12.9 Å². The summed E-state index contributed by atoms with van der Waals surface area (Å²) < 4.78 is 7.31. The zero-order valence-electron chi connectivity index (χ0n) is 11.6. The molecule has 0 aliphatic heterocycles. The van der Waals surface area contributed by atoms with Crippen LogP contribution in [0.15, 0.2) is 10.4 Å². The van der Waals surface area contributed by atoms with Crippen LogP contribution in [0.3, 0.4) is 0 Å². The fraction of sp³-hybridized carbons (Fsp3) is 0.500. The van der Waals surface area contributed by atoms with Crippen LogP contribution in [-0.2, 0) is 16.1 Å². The normalized spacial score (nSPS) is 10.8. The molecule has 0 radical (unpaired) electrons. The zero-order valence-corrected chi connectivity index (χ0v) is 13.3. The van der Waals surface area contributed by atoms with Crippen molar-refractivity contribution in [2.45, 2.75) is 31.2 Å². The van der Waals surface area contributed by atoms with E-state index in [0.717, 1.165) is 33.7 Å². The van der Waals surface area contributed by atoms with Crippen LogP contribution in [0.5, 0.6) is 0 Å². The summed E-state index contributed by atoms with van der Waals surface area (Å²) in [4.78, 5) is 11.1. The summed E-state index contributed by atoms with van der Waals surface area (Å²) >= 11 is 2.80. The Labute approximate surface area is 125 Å². The van der Waals surface area contributed by atoms with Gasteiger partial charge in [-0.05, 0) is 19.4 Å². The lowest BCUT2D eigenvalue weighted by atomic mass is 10.4. The molecule has 0 fully saturated rings. The molecular weight excluding hydrogens is 296 g/mol. The molecule has 2 aromatic rings. The van der Waals surface area contributed by atoms with Crippen LogP contribution in [-0.4, -0.2) is 38.8 Å². The Kier molecular flexibility index (Phi) is 5.13. The summed E-state index contributed by atoms with van der Waals surface area (Å²) in [5, 5.41) is 13.5. The van der Waals surface area contributed by atoms with Crippen LogP contribution in [0.1, 0.15) is 19.0 Å². The quantitative estimate of drug-likeness (QED) is 0.602. The Bertz CT molecular complexity index is 594. The molecule has 8 heteroatoms. The van der Waals surface area contributed by atoms with Gasteiger partial charge in [-0.2, -0.15) is 5.10 Å². The summed E-state index contributed by atoms with van der Waals surface area (Å²) in [6.45, 7) is 4.93. The van der Waals surface area contributed by atoms with E-state index in [9.17, 15) is 4.79 Å². The molecule has 0 aliphatic rings. The van der Waals surface area contributed by atoms with Gasteiger partial charge in [0.25, 0.3) is 0 Å². The number of carbonyl (C=O) groups is 1. The van der Waals surface area contributed by atoms with Crippen LogP contribution in [0.2, 0.25) is 0 Å². The molecule has 0 bridgehead atoms. The smallest absolute Gasteiger partial charge is 0.316 e. The number of carbonyl (C=O) groups excluding carboxylic acids is 1. The first-order valence-corrected chi connectivity index (χ1v) is 8.02. The summed E-state index contributed by atoms with van der Waals surface area (Å²) in [5.74, 6) is -0.0168. The first-order valence-electron chi connectivity index (χ1n) is 6.22. The first-order chi connectivity index (χ1) is 9.63. The SMILES string of the molecule is CCCn1nc(C)cc1-c1nnc(SCC(=O)OC)s1. The number of thioether (sulfide) groups is 1. The van der Waals surface area contributed by atoms with Crippen molar-refractivity contribution in [1.82, 2.24) is 20.0 Å². The minimum atomic E-state index is -0.265. The van der Waals surface area contributed by atoms with E-state index in [2.05, 4.69) is 27.0 Å². The fourth-order valence-electron chi connectivity index (χ4n) is 1.65. The van der Waals surface area contributed by atoms with Crippen LogP contribution in [0, 0.1) is 6.92 Å². The Hall–Kier alpha value is -1.41. The average Bonchev–Trinajstić information content (AvgIpc) is 3.03. The number of esters is 1. The summed E-state index contributed by atoms with van der Waals surface area (Å²) in [6.07, 6.45) is 1.01. The van der Waals surface area contributed by atoms with Crippen molar-refractivity contribution >= 4 is 29.1 Å². The van der Waals surface area contributed by atoms with Gasteiger partial charge in [0.15, 0.2) is 9.35 Å². The number of hydrogen-bond donors (Lipinski definition) is 0. The van der Waals surface area contributed by atoms with Crippen LogP contribution >= 0.6 is 23.1 Å². The molecular formula is C12H16N4O2S2. The summed E-state index contributed by atoms with van der Waals surface area (Å²) in [5.41, 5.74) is 1.94. The highest BCUT2D eigenvalue weighted by atomic mass is 32.2. The van der Waals surface area contributed by atoms with Gasteiger partial charge >= 0.3 is 5.97 Å². The van der Waals surface area contributed by atoms with Crippen molar-refractivity contribution in [3.63, 3.8) is 0 Å². The molecule has 0 aliphatic carbocycles. The molecule has 0 unspecified atom stereocenters. The number of ether oxygens (including phenoxy) is 1. The van der Waals surface area contributed by atoms with Crippen molar-refractivity contribution < 1.29 is 9.53 Å². The van der Waals surface area contributed by atoms with Crippen molar-refractivity contribution in [2.24, 2.45) is 0 Å². The largest absolute Gasteiger partial charge is 0.468 e. The van der Waals surface area contributed by atoms with E-state index in [-0.39, 0.29) is 11.7 Å². The maximum atomic E-state index is 11.1. The predicted molar refractivity (Wildman–Crippen MR) is 78.9 cm³/mol. The van der Waals surface area contributed by atoms with Gasteiger partial charge in [-0.1, -0.05) is 30.0 Å². The third-order valence-electron chi connectivity index (χ3n) is 2.50. The van der Waals surface area contributed by atoms with Gasteiger partial charge in [0.05, 0.1) is 24.3 Å². The lowest BCUT2D eigenvalue weighted by molar-refractivity contribution is -0.137. The van der Waals surface area contributed by atoms with Crippen molar-refractivity contribution in [1.29, 1.82) is 0 Å². The maximum Gasteiger partial charge on any atom is 0.316 e. The standard InChI is InChI=1S/C12H16N4O2S2/c1-4-5-16-9(6-8(2)15-16)11-13-14-12(20-11)19-7-10(17)18-3/h6H,4-5,7H2,1-3H3. The van der Waals surface area contributed by atoms with E-state index >= 15 is 0 Å². The van der Waals surface area contributed by atoms with E-state index < -0.39 is 0 Å². The van der Waals surface area contributed by atoms with Crippen molar-refractivity contribution in [3.8, 4) is 10.7 Å². The van der Waals surface area contributed by atoms with Crippen LogP contribution in [0.25, 0.3) is 10.7 Å². The van der Waals surface area contributed by atoms with Crippen molar-refractivity contribution in [3.05, 3.63) is 11.8 Å². The molecule has 0 saturated heterocycles. The number of aromatic nitrogens is 4. The van der Waals surface area contributed by atoms with Gasteiger partial charge in [0.1, 0.15) is 0 Å². The highest BCUT2D eigenvalue weighted by Crippen LogP contribution is 2.29. The minimum absolute atomic E-state index is 0.248. The van der Waals surface area contributed by atoms with Crippen LogP contribution in [0.4, 0.5) is 0 Å². The monoisotopic (exact) mass is 312 g/mol. The number of hydrogen-bond acceptors (Lipinski definition) is 7. The number of aryl methyl sites for hydroxylation is 2. The van der Waals surface area contributed by atoms with Gasteiger partial charge in [0, 0.05) is 6.54 Å². The first kappa shape index (κ1) is 15.0. The van der Waals surface area contributed by atoms with Crippen LogP contribution < -0.4 is 0 Å². The molecule has 108 valence electrons. The molecule has 0 spiro atoms. The van der Waals surface area contributed by atoms with E-state index in [1.165, 1.54) is 30.2 Å². The maximum absolute atomic E-state index is 11.1. The van der Waals surface area contributed by atoms with Gasteiger partial charge < -0.3 is 4.74 Å². The zero-order chi connectivity index (χ0) is 14.5. The fourth-order valence-corrected chi connectivity index (χ4v) is 3.36. The Balaban J connectivity index is 2.14. The lowest BCUT2D eigenvalue weighted by Gasteiger charge is -2.01. The molecule has 20 heavy (non-hydrogen) atoms. The number of rotatable bonds is 6. The number of nitrogens with zero attached hydrogens (tertiary/aromatic N) is 4. The Morgan fingerprint density at radius 2 is 2.30 bits per heavy atom. The molecule has 2 aromatic heterocycles.